The highest BCUT2D eigenvalue weighted by atomic mass is 127. The van der Waals surface area contributed by atoms with Gasteiger partial charge in [0.2, 0.25) is 0 Å². The van der Waals surface area contributed by atoms with E-state index in [-0.39, 0.29) is 4.83 Å². The average Bonchev–Trinajstić information content (AvgIpc) is 2.32. The minimum absolute atomic E-state index is 0.243. The predicted molar refractivity (Wildman–Crippen MR) is 88.8 cm³/mol. The normalized spacial score (nSPS) is 12.5. The molecule has 0 amide bonds. The number of hydrogen-bond donors (Lipinski definition) is 0. The molecule has 0 saturated carbocycles. The summed E-state index contributed by atoms with van der Waals surface area (Å²) in [5.41, 5.74) is 3.87. The van der Waals surface area contributed by atoms with Crippen LogP contribution in [0.2, 0.25) is 0 Å². The molecule has 0 fully saturated rings. The number of alkyl halides is 1. The van der Waals surface area contributed by atoms with Gasteiger partial charge in [-0.15, -0.1) is 0 Å². The summed E-state index contributed by atoms with van der Waals surface area (Å²) in [4.78, 5) is 0.243. The van der Waals surface area contributed by atoms with Crippen molar-refractivity contribution in [3.8, 4) is 0 Å². The SMILES string of the molecule is Cc1ccc(C(Br)c2cc(Br)ccc2I)cc1. The first kappa shape index (κ1) is 13.6. The van der Waals surface area contributed by atoms with E-state index in [1.165, 1.54) is 20.3 Å². The van der Waals surface area contributed by atoms with Gasteiger partial charge < -0.3 is 0 Å². The monoisotopic (exact) mass is 464 g/mol. The van der Waals surface area contributed by atoms with Crippen molar-refractivity contribution in [3.63, 3.8) is 0 Å². The van der Waals surface area contributed by atoms with E-state index in [1.807, 2.05) is 0 Å². The van der Waals surface area contributed by atoms with Crippen LogP contribution in [0.5, 0.6) is 0 Å². The fraction of sp³-hybridized carbons (Fsp3) is 0.143. The van der Waals surface area contributed by atoms with Crippen molar-refractivity contribution in [2.24, 2.45) is 0 Å². The van der Waals surface area contributed by atoms with Gasteiger partial charge in [0.1, 0.15) is 0 Å². The minimum atomic E-state index is 0.243. The van der Waals surface area contributed by atoms with Gasteiger partial charge in [-0.2, -0.15) is 0 Å². The van der Waals surface area contributed by atoms with Crippen LogP contribution in [0.25, 0.3) is 0 Å². The van der Waals surface area contributed by atoms with Crippen LogP contribution >= 0.6 is 54.5 Å². The van der Waals surface area contributed by atoms with E-state index in [9.17, 15) is 0 Å². The third kappa shape index (κ3) is 3.32. The predicted octanol–water partition coefficient (Wildman–Crippen LogP) is 5.85. The number of hydrogen-bond acceptors (Lipinski definition) is 0. The van der Waals surface area contributed by atoms with Crippen molar-refractivity contribution < 1.29 is 0 Å². The summed E-state index contributed by atoms with van der Waals surface area (Å²) in [5.74, 6) is 0. The van der Waals surface area contributed by atoms with Crippen molar-refractivity contribution in [3.05, 3.63) is 67.2 Å². The largest absolute Gasteiger partial charge is 0.0786 e. The summed E-state index contributed by atoms with van der Waals surface area (Å²) in [7, 11) is 0. The van der Waals surface area contributed by atoms with Crippen molar-refractivity contribution in [2.45, 2.75) is 11.8 Å². The van der Waals surface area contributed by atoms with Crippen molar-refractivity contribution in [2.75, 3.05) is 0 Å². The molecule has 0 nitrogen and oxygen atoms in total. The van der Waals surface area contributed by atoms with Gasteiger partial charge in [-0.3, -0.25) is 0 Å². The van der Waals surface area contributed by atoms with Crippen LogP contribution in [0.1, 0.15) is 21.5 Å². The molecule has 0 bridgehead atoms. The fourth-order valence-corrected chi connectivity index (χ4v) is 3.76. The summed E-state index contributed by atoms with van der Waals surface area (Å²) in [6, 6.07) is 15.0. The average molecular weight is 466 g/mol. The van der Waals surface area contributed by atoms with Crippen molar-refractivity contribution >= 4 is 54.5 Å². The Labute approximate surface area is 132 Å². The van der Waals surface area contributed by atoms with Crippen LogP contribution < -0.4 is 0 Å². The first-order chi connectivity index (χ1) is 8.08. The molecular weight excluding hydrogens is 455 g/mol. The van der Waals surface area contributed by atoms with E-state index in [1.54, 1.807) is 0 Å². The van der Waals surface area contributed by atoms with Crippen LogP contribution in [-0.2, 0) is 0 Å². The second-order valence-electron chi connectivity index (χ2n) is 3.94. The maximum absolute atomic E-state index is 3.78. The molecule has 0 aromatic heterocycles. The minimum Gasteiger partial charge on any atom is -0.0786 e. The van der Waals surface area contributed by atoms with Crippen LogP contribution in [0.15, 0.2) is 46.9 Å². The highest BCUT2D eigenvalue weighted by molar-refractivity contribution is 14.1. The molecule has 88 valence electrons. The number of aryl methyl sites for hydroxylation is 1. The molecule has 17 heavy (non-hydrogen) atoms. The molecule has 2 aromatic carbocycles. The second-order valence-corrected chi connectivity index (χ2v) is 6.93. The Kier molecular flexibility index (Phi) is 4.66. The van der Waals surface area contributed by atoms with E-state index >= 15 is 0 Å². The maximum Gasteiger partial charge on any atom is 0.0655 e. The van der Waals surface area contributed by atoms with Crippen LogP contribution in [0, 0.1) is 10.5 Å². The zero-order valence-electron chi connectivity index (χ0n) is 9.25. The molecule has 0 aliphatic carbocycles. The molecular formula is C14H11Br2I. The van der Waals surface area contributed by atoms with Crippen molar-refractivity contribution in [1.29, 1.82) is 0 Å². The molecule has 0 spiro atoms. The molecule has 0 heterocycles. The third-order valence-electron chi connectivity index (χ3n) is 2.60. The lowest BCUT2D eigenvalue weighted by atomic mass is 10.0. The zero-order chi connectivity index (χ0) is 12.4. The van der Waals surface area contributed by atoms with Gasteiger partial charge in [0, 0.05) is 8.04 Å². The van der Waals surface area contributed by atoms with E-state index < -0.39 is 0 Å². The standard InChI is InChI=1S/C14H11Br2I/c1-9-2-4-10(5-3-9)14(16)12-8-11(15)6-7-13(12)17/h2-8,14H,1H3. The molecule has 0 radical (unpaired) electrons. The summed E-state index contributed by atoms with van der Waals surface area (Å²) < 4.78 is 2.39. The van der Waals surface area contributed by atoms with E-state index in [0.29, 0.717) is 0 Å². The molecule has 1 unspecified atom stereocenters. The summed E-state index contributed by atoms with van der Waals surface area (Å²) in [6.45, 7) is 2.11. The lowest BCUT2D eigenvalue weighted by Gasteiger charge is -2.13. The number of halogens is 3. The van der Waals surface area contributed by atoms with Gasteiger partial charge in [0.25, 0.3) is 0 Å². The summed E-state index contributed by atoms with van der Waals surface area (Å²) in [6.07, 6.45) is 0. The van der Waals surface area contributed by atoms with E-state index in [0.717, 1.165) is 4.47 Å². The smallest absolute Gasteiger partial charge is 0.0655 e. The lowest BCUT2D eigenvalue weighted by Crippen LogP contribution is -1.96. The number of rotatable bonds is 2. The van der Waals surface area contributed by atoms with Crippen LogP contribution in [-0.4, -0.2) is 0 Å². The Morgan fingerprint density at radius 1 is 1.06 bits per heavy atom. The van der Waals surface area contributed by atoms with Gasteiger partial charge >= 0.3 is 0 Å². The second kappa shape index (κ2) is 5.85. The Morgan fingerprint density at radius 2 is 1.71 bits per heavy atom. The van der Waals surface area contributed by atoms with Gasteiger partial charge in [-0.25, -0.2) is 0 Å². The van der Waals surface area contributed by atoms with E-state index in [4.69, 9.17) is 0 Å². The van der Waals surface area contributed by atoms with Gasteiger partial charge in [-0.1, -0.05) is 61.7 Å². The first-order valence-electron chi connectivity index (χ1n) is 5.23. The van der Waals surface area contributed by atoms with Crippen molar-refractivity contribution in [1.82, 2.24) is 0 Å². The summed E-state index contributed by atoms with van der Waals surface area (Å²) in [5, 5.41) is 0. The molecule has 1 atom stereocenters. The van der Waals surface area contributed by atoms with Crippen LogP contribution in [0.3, 0.4) is 0 Å². The molecule has 0 N–H and O–H groups in total. The fourth-order valence-electron chi connectivity index (χ4n) is 1.62. The third-order valence-corrected chi connectivity index (χ3v) is 5.10. The van der Waals surface area contributed by atoms with Gasteiger partial charge in [0.05, 0.1) is 4.83 Å². The zero-order valence-corrected chi connectivity index (χ0v) is 14.6. The highest BCUT2D eigenvalue weighted by Gasteiger charge is 2.13. The molecule has 0 aliphatic heterocycles. The topological polar surface area (TPSA) is 0 Å². The molecule has 3 heteroatoms. The van der Waals surface area contributed by atoms with E-state index in [2.05, 4.69) is 104 Å². The lowest BCUT2D eigenvalue weighted by molar-refractivity contribution is 1.15. The van der Waals surface area contributed by atoms with Gasteiger partial charge in [0.15, 0.2) is 0 Å². The molecule has 0 aliphatic rings. The maximum atomic E-state index is 3.78. The quantitative estimate of drug-likeness (QED) is 0.386. The van der Waals surface area contributed by atoms with Gasteiger partial charge in [-0.05, 0) is 58.8 Å². The highest BCUT2D eigenvalue weighted by Crippen LogP contribution is 2.35. The number of benzene rings is 2. The molecule has 0 saturated heterocycles. The Balaban J connectivity index is 2.39. The summed E-state index contributed by atoms with van der Waals surface area (Å²) >= 11 is 9.68. The first-order valence-corrected chi connectivity index (χ1v) is 8.02. The Bertz CT molecular complexity index is 520. The van der Waals surface area contributed by atoms with Crippen LogP contribution in [0.4, 0.5) is 0 Å². The molecule has 2 aromatic rings. The Morgan fingerprint density at radius 3 is 2.35 bits per heavy atom. The molecule has 2 rings (SSSR count). The Hall–Kier alpha value is 0.130.